The Morgan fingerprint density at radius 1 is 1.50 bits per heavy atom. The second-order valence-corrected chi connectivity index (χ2v) is 4.97. The van der Waals surface area contributed by atoms with Crippen molar-refractivity contribution in [2.45, 2.75) is 51.2 Å². The lowest BCUT2D eigenvalue weighted by atomic mass is 10.0. The number of ether oxygens (including phenoxy) is 1. The summed E-state index contributed by atoms with van der Waals surface area (Å²) in [5.74, 6) is 0. The lowest BCUT2D eigenvalue weighted by Crippen LogP contribution is -2.24. The quantitative estimate of drug-likeness (QED) is 0.805. The summed E-state index contributed by atoms with van der Waals surface area (Å²) in [6.45, 7) is 4.19. The first-order valence-corrected chi connectivity index (χ1v) is 7.16. The number of nitrogens with one attached hydrogen (secondary N) is 1. The molecule has 0 saturated carbocycles. The molecule has 0 aliphatic carbocycles. The fourth-order valence-electron chi connectivity index (χ4n) is 2.48. The van der Waals surface area contributed by atoms with Crippen LogP contribution in [0.1, 0.15) is 50.8 Å². The van der Waals surface area contributed by atoms with E-state index in [0.29, 0.717) is 12.1 Å². The Morgan fingerprint density at radius 2 is 2.44 bits per heavy atom. The van der Waals surface area contributed by atoms with Crippen LogP contribution >= 0.6 is 0 Å². The third-order valence-electron chi connectivity index (χ3n) is 3.49. The molecule has 1 fully saturated rings. The third-order valence-corrected chi connectivity index (χ3v) is 3.49. The van der Waals surface area contributed by atoms with Gasteiger partial charge in [-0.05, 0) is 50.8 Å². The third kappa shape index (κ3) is 4.07. The van der Waals surface area contributed by atoms with E-state index in [9.17, 15) is 0 Å². The van der Waals surface area contributed by atoms with Crippen LogP contribution in [0, 0.1) is 0 Å². The number of aromatic nitrogens is 1. The molecule has 18 heavy (non-hydrogen) atoms. The van der Waals surface area contributed by atoms with Crippen LogP contribution in [-0.2, 0) is 4.74 Å². The van der Waals surface area contributed by atoms with Gasteiger partial charge in [0.05, 0.1) is 11.8 Å². The monoisotopic (exact) mass is 248 g/mol. The number of nitrogens with zero attached hydrogens (tertiary/aromatic N) is 1. The molecule has 0 aromatic carbocycles. The van der Waals surface area contributed by atoms with Gasteiger partial charge in [-0.2, -0.15) is 0 Å². The van der Waals surface area contributed by atoms with Gasteiger partial charge in [-0.1, -0.05) is 13.0 Å². The van der Waals surface area contributed by atoms with Gasteiger partial charge in [-0.25, -0.2) is 0 Å². The zero-order valence-electron chi connectivity index (χ0n) is 11.3. The minimum atomic E-state index is 0.371. The van der Waals surface area contributed by atoms with E-state index in [4.69, 9.17) is 4.74 Å². The minimum Gasteiger partial charge on any atom is -0.378 e. The van der Waals surface area contributed by atoms with Crippen LogP contribution in [0.15, 0.2) is 24.4 Å². The number of hydrogen-bond donors (Lipinski definition) is 1. The molecule has 0 radical (unpaired) electrons. The first-order valence-electron chi connectivity index (χ1n) is 7.16. The van der Waals surface area contributed by atoms with Gasteiger partial charge in [-0.15, -0.1) is 0 Å². The highest BCUT2D eigenvalue weighted by molar-refractivity contribution is 5.08. The Balaban J connectivity index is 1.87. The summed E-state index contributed by atoms with van der Waals surface area (Å²) in [6.07, 6.45) is 8.20. The van der Waals surface area contributed by atoms with Crippen molar-refractivity contribution in [1.82, 2.24) is 10.3 Å². The van der Waals surface area contributed by atoms with E-state index in [2.05, 4.69) is 29.4 Å². The Kier molecular flexibility index (Phi) is 5.62. The molecule has 1 aliphatic heterocycles. The summed E-state index contributed by atoms with van der Waals surface area (Å²) < 4.78 is 5.70. The topological polar surface area (TPSA) is 34.1 Å². The van der Waals surface area contributed by atoms with Gasteiger partial charge in [0.1, 0.15) is 0 Å². The van der Waals surface area contributed by atoms with Crippen LogP contribution in [0.2, 0.25) is 0 Å². The van der Waals surface area contributed by atoms with E-state index in [1.165, 1.54) is 12.8 Å². The molecule has 1 saturated heterocycles. The number of hydrogen-bond acceptors (Lipinski definition) is 3. The lowest BCUT2D eigenvalue weighted by molar-refractivity contribution is 0.0994. The molecule has 2 atom stereocenters. The average molecular weight is 248 g/mol. The van der Waals surface area contributed by atoms with E-state index in [1.807, 2.05) is 12.3 Å². The maximum absolute atomic E-state index is 5.70. The molecular formula is C15H24N2O. The van der Waals surface area contributed by atoms with E-state index in [0.717, 1.165) is 38.1 Å². The predicted molar refractivity (Wildman–Crippen MR) is 73.5 cm³/mol. The Labute approximate surface area is 110 Å². The van der Waals surface area contributed by atoms with E-state index >= 15 is 0 Å². The predicted octanol–water partition coefficient (Wildman–Crippen LogP) is 3.08. The molecule has 2 unspecified atom stereocenters. The fourth-order valence-corrected chi connectivity index (χ4v) is 2.48. The van der Waals surface area contributed by atoms with Gasteiger partial charge < -0.3 is 10.1 Å². The molecule has 1 aromatic heterocycles. The molecule has 3 heteroatoms. The first-order chi connectivity index (χ1) is 8.90. The standard InChI is InChI=1S/C15H24N2O/c1-2-10-16-15(14-7-3-4-11-17-14)9-8-13-6-5-12-18-13/h3-4,7,11,13,15-16H,2,5-6,8-10,12H2,1H3. The molecule has 0 amide bonds. The van der Waals surface area contributed by atoms with Crippen LogP contribution in [0.25, 0.3) is 0 Å². The summed E-state index contributed by atoms with van der Waals surface area (Å²) in [6, 6.07) is 6.52. The fraction of sp³-hybridized carbons (Fsp3) is 0.667. The minimum absolute atomic E-state index is 0.371. The molecular weight excluding hydrogens is 224 g/mol. The highest BCUT2D eigenvalue weighted by Gasteiger charge is 2.19. The van der Waals surface area contributed by atoms with Gasteiger partial charge in [-0.3, -0.25) is 4.98 Å². The van der Waals surface area contributed by atoms with Crippen molar-refractivity contribution in [2.24, 2.45) is 0 Å². The second-order valence-electron chi connectivity index (χ2n) is 4.97. The Hall–Kier alpha value is -0.930. The van der Waals surface area contributed by atoms with Crippen LogP contribution in [0.4, 0.5) is 0 Å². The highest BCUT2D eigenvalue weighted by atomic mass is 16.5. The van der Waals surface area contributed by atoms with Crippen molar-refractivity contribution < 1.29 is 4.74 Å². The molecule has 2 rings (SSSR count). The van der Waals surface area contributed by atoms with Crippen LogP contribution in [0.5, 0.6) is 0 Å². The number of pyridine rings is 1. The smallest absolute Gasteiger partial charge is 0.0576 e. The highest BCUT2D eigenvalue weighted by Crippen LogP contribution is 2.22. The summed E-state index contributed by atoms with van der Waals surface area (Å²) in [4.78, 5) is 4.47. The molecule has 0 spiro atoms. The van der Waals surface area contributed by atoms with E-state index in [-0.39, 0.29) is 0 Å². The lowest BCUT2D eigenvalue weighted by Gasteiger charge is -2.19. The second kappa shape index (κ2) is 7.49. The van der Waals surface area contributed by atoms with Crippen LogP contribution in [0.3, 0.4) is 0 Å². The number of rotatable bonds is 7. The van der Waals surface area contributed by atoms with E-state index in [1.54, 1.807) is 0 Å². The SMILES string of the molecule is CCCNC(CCC1CCCO1)c1ccccn1. The molecule has 3 nitrogen and oxygen atoms in total. The van der Waals surface area contributed by atoms with Crippen LogP contribution in [-0.4, -0.2) is 24.2 Å². The van der Waals surface area contributed by atoms with Gasteiger partial charge in [0.2, 0.25) is 0 Å². The van der Waals surface area contributed by atoms with Crippen molar-refractivity contribution in [3.05, 3.63) is 30.1 Å². The molecule has 1 aliphatic rings. The van der Waals surface area contributed by atoms with Gasteiger partial charge >= 0.3 is 0 Å². The first kappa shape index (κ1) is 13.5. The van der Waals surface area contributed by atoms with Crippen molar-refractivity contribution in [3.8, 4) is 0 Å². The van der Waals surface area contributed by atoms with Gasteiger partial charge in [0.15, 0.2) is 0 Å². The average Bonchev–Trinajstić information content (AvgIpc) is 2.93. The zero-order chi connectivity index (χ0) is 12.6. The van der Waals surface area contributed by atoms with Crippen molar-refractivity contribution in [2.75, 3.05) is 13.2 Å². The maximum atomic E-state index is 5.70. The van der Waals surface area contributed by atoms with Crippen molar-refractivity contribution >= 4 is 0 Å². The van der Waals surface area contributed by atoms with Gasteiger partial charge in [0.25, 0.3) is 0 Å². The normalized spacial score (nSPS) is 21.1. The van der Waals surface area contributed by atoms with E-state index < -0.39 is 0 Å². The Bertz CT molecular complexity index is 323. The van der Waals surface area contributed by atoms with Crippen LogP contribution < -0.4 is 5.32 Å². The summed E-state index contributed by atoms with van der Waals surface area (Å²) >= 11 is 0. The Morgan fingerprint density at radius 3 is 3.11 bits per heavy atom. The van der Waals surface area contributed by atoms with Crippen molar-refractivity contribution in [3.63, 3.8) is 0 Å². The molecule has 0 bridgehead atoms. The molecule has 1 N–H and O–H groups in total. The molecule has 2 heterocycles. The van der Waals surface area contributed by atoms with Crippen molar-refractivity contribution in [1.29, 1.82) is 0 Å². The van der Waals surface area contributed by atoms with Gasteiger partial charge in [0, 0.05) is 18.8 Å². The largest absolute Gasteiger partial charge is 0.378 e. The zero-order valence-corrected chi connectivity index (χ0v) is 11.3. The molecule has 1 aromatic rings. The molecule has 100 valence electrons. The maximum Gasteiger partial charge on any atom is 0.0576 e. The summed E-state index contributed by atoms with van der Waals surface area (Å²) in [7, 11) is 0. The summed E-state index contributed by atoms with van der Waals surface area (Å²) in [5, 5.41) is 3.59. The summed E-state index contributed by atoms with van der Waals surface area (Å²) in [5.41, 5.74) is 1.16.